The Balaban J connectivity index is 2.20. The van der Waals surface area contributed by atoms with Crippen molar-refractivity contribution in [1.82, 2.24) is 9.38 Å². The zero-order chi connectivity index (χ0) is 15.0. The maximum absolute atomic E-state index is 11.2. The molecular weight excluding hydrogens is 272 g/mol. The number of imidazole rings is 1. The largest absolute Gasteiger partial charge is 0.478 e. The van der Waals surface area contributed by atoms with Gasteiger partial charge in [-0.05, 0) is 24.3 Å². The van der Waals surface area contributed by atoms with Gasteiger partial charge >= 0.3 is 11.9 Å². The van der Waals surface area contributed by atoms with Gasteiger partial charge in [0.2, 0.25) is 5.82 Å². The summed E-state index contributed by atoms with van der Waals surface area (Å²) in [6.45, 7) is 0. The van der Waals surface area contributed by atoms with Gasteiger partial charge in [-0.3, -0.25) is 4.40 Å². The van der Waals surface area contributed by atoms with E-state index in [-0.39, 0.29) is 11.4 Å². The summed E-state index contributed by atoms with van der Waals surface area (Å²) in [4.78, 5) is 26.2. The standard InChI is InChI=1S/C15H10N2O4/c18-14(19)10-6-4-9(5-7-10)12-11-3-1-2-8-17(11)13(16-12)15(20)21/h1-8H,(H,18,19)(H,20,21). The molecule has 2 heterocycles. The van der Waals surface area contributed by atoms with E-state index >= 15 is 0 Å². The number of hydrogen-bond acceptors (Lipinski definition) is 3. The van der Waals surface area contributed by atoms with E-state index in [0.29, 0.717) is 16.8 Å². The molecule has 0 saturated heterocycles. The SMILES string of the molecule is O=C(O)c1ccc(-c2nc(C(=O)O)n3ccccc23)cc1. The monoisotopic (exact) mass is 282 g/mol. The number of carboxylic acid groups (broad SMARTS) is 2. The summed E-state index contributed by atoms with van der Waals surface area (Å²) in [5, 5.41) is 18.1. The summed E-state index contributed by atoms with van der Waals surface area (Å²) in [7, 11) is 0. The molecule has 6 nitrogen and oxygen atoms in total. The number of rotatable bonds is 3. The molecule has 0 radical (unpaired) electrons. The Morgan fingerprint density at radius 1 is 0.952 bits per heavy atom. The van der Waals surface area contributed by atoms with Crippen molar-refractivity contribution in [2.75, 3.05) is 0 Å². The molecule has 0 saturated carbocycles. The van der Waals surface area contributed by atoms with Crippen LogP contribution >= 0.6 is 0 Å². The van der Waals surface area contributed by atoms with Gasteiger partial charge in [0.25, 0.3) is 0 Å². The summed E-state index contributed by atoms with van der Waals surface area (Å²) in [5.41, 5.74) is 1.99. The van der Waals surface area contributed by atoms with E-state index in [9.17, 15) is 14.7 Å². The molecule has 104 valence electrons. The first kappa shape index (κ1) is 12.9. The van der Waals surface area contributed by atoms with Crippen LogP contribution in [0.2, 0.25) is 0 Å². The van der Waals surface area contributed by atoms with Crippen LogP contribution in [-0.2, 0) is 0 Å². The second-order valence-electron chi connectivity index (χ2n) is 4.43. The number of aromatic nitrogens is 2. The van der Waals surface area contributed by atoms with Crippen LogP contribution in [0.5, 0.6) is 0 Å². The number of fused-ring (bicyclic) bond motifs is 1. The number of benzene rings is 1. The van der Waals surface area contributed by atoms with Gasteiger partial charge < -0.3 is 10.2 Å². The number of carbonyl (C=O) groups is 2. The van der Waals surface area contributed by atoms with Gasteiger partial charge in [-0.15, -0.1) is 0 Å². The number of pyridine rings is 1. The van der Waals surface area contributed by atoms with Gasteiger partial charge in [-0.1, -0.05) is 18.2 Å². The lowest BCUT2D eigenvalue weighted by Crippen LogP contribution is -2.02. The number of nitrogens with zero attached hydrogens (tertiary/aromatic N) is 2. The molecule has 0 atom stereocenters. The summed E-state index contributed by atoms with van der Waals surface area (Å²) in [5.74, 6) is -2.21. The predicted molar refractivity (Wildman–Crippen MR) is 74.5 cm³/mol. The number of aromatic carboxylic acids is 2. The molecule has 21 heavy (non-hydrogen) atoms. The predicted octanol–water partition coefficient (Wildman–Crippen LogP) is 2.40. The molecule has 0 spiro atoms. The molecule has 2 N–H and O–H groups in total. The van der Waals surface area contributed by atoms with E-state index in [4.69, 9.17) is 5.11 Å². The fraction of sp³-hybridized carbons (Fsp3) is 0. The van der Waals surface area contributed by atoms with Crippen molar-refractivity contribution in [2.24, 2.45) is 0 Å². The zero-order valence-corrected chi connectivity index (χ0v) is 10.7. The highest BCUT2D eigenvalue weighted by Gasteiger charge is 2.17. The maximum Gasteiger partial charge on any atom is 0.372 e. The second-order valence-corrected chi connectivity index (χ2v) is 4.43. The third-order valence-electron chi connectivity index (χ3n) is 3.14. The Hall–Kier alpha value is -3.15. The van der Waals surface area contributed by atoms with E-state index in [2.05, 4.69) is 4.98 Å². The van der Waals surface area contributed by atoms with Crippen LogP contribution < -0.4 is 0 Å². The first-order chi connectivity index (χ1) is 10.1. The zero-order valence-electron chi connectivity index (χ0n) is 10.7. The van der Waals surface area contributed by atoms with Crippen molar-refractivity contribution in [3.05, 3.63) is 60.0 Å². The fourth-order valence-electron chi connectivity index (χ4n) is 2.17. The van der Waals surface area contributed by atoms with E-state index in [1.165, 1.54) is 16.5 Å². The molecule has 6 heteroatoms. The van der Waals surface area contributed by atoms with Gasteiger partial charge in [0.05, 0.1) is 16.8 Å². The molecule has 3 aromatic rings. The lowest BCUT2D eigenvalue weighted by atomic mass is 10.1. The van der Waals surface area contributed by atoms with Crippen LogP contribution in [0.3, 0.4) is 0 Å². The number of carboxylic acids is 2. The van der Waals surface area contributed by atoms with Crippen LogP contribution in [-0.4, -0.2) is 31.5 Å². The average Bonchev–Trinajstić information content (AvgIpc) is 2.87. The molecule has 0 aliphatic rings. The van der Waals surface area contributed by atoms with E-state index in [0.717, 1.165) is 0 Å². The summed E-state index contributed by atoms with van der Waals surface area (Å²) >= 11 is 0. The van der Waals surface area contributed by atoms with E-state index < -0.39 is 11.9 Å². The topological polar surface area (TPSA) is 91.9 Å². The van der Waals surface area contributed by atoms with Crippen molar-refractivity contribution in [3.63, 3.8) is 0 Å². The van der Waals surface area contributed by atoms with Gasteiger partial charge in [0.1, 0.15) is 0 Å². The van der Waals surface area contributed by atoms with Crippen molar-refractivity contribution in [1.29, 1.82) is 0 Å². The van der Waals surface area contributed by atoms with Crippen LogP contribution in [0.1, 0.15) is 21.0 Å². The first-order valence-electron chi connectivity index (χ1n) is 6.12. The first-order valence-corrected chi connectivity index (χ1v) is 6.12. The third kappa shape index (κ3) is 2.12. The fourth-order valence-corrected chi connectivity index (χ4v) is 2.17. The van der Waals surface area contributed by atoms with Gasteiger partial charge in [-0.2, -0.15) is 0 Å². The molecule has 0 bridgehead atoms. The Labute approximate surface area is 118 Å². The molecule has 1 aromatic carbocycles. The van der Waals surface area contributed by atoms with Crippen molar-refractivity contribution in [3.8, 4) is 11.3 Å². The maximum atomic E-state index is 11.2. The molecular formula is C15H10N2O4. The second kappa shape index (κ2) is 4.75. The third-order valence-corrected chi connectivity index (χ3v) is 3.14. The summed E-state index contributed by atoms with van der Waals surface area (Å²) in [6.07, 6.45) is 1.63. The van der Waals surface area contributed by atoms with Crippen molar-refractivity contribution < 1.29 is 19.8 Å². The average molecular weight is 282 g/mol. The Bertz CT molecular complexity index is 850. The van der Waals surface area contributed by atoms with Gasteiger partial charge in [0.15, 0.2) is 0 Å². The Morgan fingerprint density at radius 2 is 1.67 bits per heavy atom. The minimum Gasteiger partial charge on any atom is -0.478 e. The van der Waals surface area contributed by atoms with Gasteiger partial charge in [-0.25, -0.2) is 14.6 Å². The highest BCUT2D eigenvalue weighted by molar-refractivity contribution is 5.91. The lowest BCUT2D eigenvalue weighted by molar-refractivity contribution is 0.0677. The molecule has 0 aliphatic carbocycles. The molecule has 0 fully saturated rings. The molecule has 2 aromatic heterocycles. The highest BCUT2D eigenvalue weighted by atomic mass is 16.4. The van der Waals surface area contributed by atoms with E-state index in [1.807, 2.05) is 0 Å². The minimum absolute atomic E-state index is 0.0806. The Kier molecular flexibility index (Phi) is 2.91. The van der Waals surface area contributed by atoms with Crippen molar-refractivity contribution >= 4 is 17.5 Å². The summed E-state index contributed by atoms with van der Waals surface area (Å²) in [6, 6.07) is 11.4. The van der Waals surface area contributed by atoms with Crippen LogP contribution in [0.15, 0.2) is 48.7 Å². The normalized spacial score (nSPS) is 10.7. The molecule has 3 rings (SSSR count). The lowest BCUT2D eigenvalue weighted by Gasteiger charge is -2.00. The smallest absolute Gasteiger partial charge is 0.372 e. The van der Waals surface area contributed by atoms with Crippen LogP contribution in [0.4, 0.5) is 0 Å². The number of hydrogen-bond donors (Lipinski definition) is 2. The summed E-state index contributed by atoms with van der Waals surface area (Å²) < 4.78 is 1.49. The Morgan fingerprint density at radius 3 is 2.29 bits per heavy atom. The van der Waals surface area contributed by atoms with Gasteiger partial charge in [0, 0.05) is 11.8 Å². The molecule has 0 amide bonds. The molecule has 0 unspecified atom stereocenters. The van der Waals surface area contributed by atoms with Crippen molar-refractivity contribution in [2.45, 2.75) is 0 Å². The van der Waals surface area contributed by atoms with Crippen LogP contribution in [0.25, 0.3) is 16.8 Å². The van der Waals surface area contributed by atoms with E-state index in [1.54, 1.807) is 36.5 Å². The molecule has 0 aliphatic heterocycles. The van der Waals surface area contributed by atoms with Crippen LogP contribution in [0, 0.1) is 0 Å². The quantitative estimate of drug-likeness (QED) is 0.769. The highest BCUT2D eigenvalue weighted by Crippen LogP contribution is 2.25. The minimum atomic E-state index is -1.12.